The molecular weight excluding hydrogens is 626 g/mol. The minimum atomic E-state index is -1.60. The van der Waals surface area contributed by atoms with E-state index < -0.39 is 20.2 Å². The van der Waals surface area contributed by atoms with Crippen LogP contribution in [0.15, 0.2) is 68.3 Å². The van der Waals surface area contributed by atoms with Crippen molar-refractivity contribution in [2.45, 2.75) is 20.8 Å². The van der Waals surface area contributed by atoms with Gasteiger partial charge < -0.3 is 5.11 Å². The molecule has 0 heterocycles. The van der Waals surface area contributed by atoms with E-state index in [1.165, 1.54) is 11.1 Å². The summed E-state index contributed by atoms with van der Waals surface area (Å²) in [5.41, 5.74) is 11.6. The van der Waals surface area contributed by atoms with E-state index in [4.69, 9.17) is 11.4 Å². The van der Waals surface area contributed by atoms with Crippen LogP contribution >= 0.6 is 64.0 Å². The van der Waals surface area contributed by atoms with Crippen LogP contribution in [0.4, 0.5) is 0 Å². The quantitative estimate of drug-likeness (QED) is 0.200. The number of allylic oxidation sites excluding steroid dienone is 3. The molecule has 1 nitrogen and oxygen atoms in total. The maximum atomic E-state index is 8.91. The molecule has 28 heavy (non-hydrogen) atoms. The van der Waals surface area contributed by atoms with Crippen molar-refractivity contribution >= 4 is 86.4 Å². The minimum absolute atomic E-state index is 0.296. The molecule has 0 saturated carbocycles. The van der Waals surface area contributed by atoms with E-state index >= 15 is 0 Å². The van der Waals surface area contributed by atoms with Gasteiger partial charge in [-0.3, -0.25) is 0 Å². The van der Waals surface area contributed by atoms with E-state index in [9.17, 15) is 0 Å². The van der Waals surface area contributed by atoms with Crippen molar-refractivity contribution in [2.75, 3.05) is 0 Å². The summed E-state index contributed by atoms with van der Waals surface area (Å²) in [6, 6.07) is 15.3. The molecule has 2 rings (SSSR count). The fourth-order valence-electron chi connectivity index (χ4n) is 1.79. The Morgan fingerprint density at radius 2 is 1.11 bits per heavy atom. The molecule has 152 valence electrons. The molecule has 0 spiro atoms. The summed E-state index contributed by atoms with van der Waals surface area (Å²) < 4.78 is 6.48. The zero-order valence-corrected chi connectivity index (χ0v) is 24.3. The third-order valence-electron chi connectivity index (χ3n) is 3.23. The van der Waals surface area contributed by atoms with Crippen LogP contribution in [0.3, 0.4) is 0 Å². The number of phenolic OH excluding ortho intramolecular Hbond substituents is 1. The van der Waals surface area contributed by atoms with E-state index in [2.05, 4.69) is 81.9 Å². The molecule has 0 aliphatic heterocycles. The van der Waals surface area contributed by atoms with Gasteiger partial charge in [0, 0.05) is 0 Å². The molecule has 3 atom stereocenters. The first kappa shape index (κ1) is 28.3. The Labute approximate surface area is 202 Å². The van der Waals surface area contributed by atoms with Crippen LogP contribution in [-0.2, 0) is 0 Å². The molecule has 0 bridgehead atoms. The summed E-state index contributed by atoms with van der Waals surface area (Å²) in [4.78, 5) is 0. The van der Waals surface area contributed by atoms with Gasteiger partial charge in [0.15, 0.2) is 0 Å². The number of phenols is 1. The van der Waals surface area contributed by atoms with E-state index in [0.29, 0.717) is 5.75 Å². The van der Waals surface area contributed by atoms with Crippen molar-refractivity contribution in [1.82, 2.24) is 0 Å². The summed E-state index contributed by atoms with van der Waals surface area (Å²) in [6.45, 7) is 19.7. The Morgan fingerprint density at radius 3 is 1.29 bits per heavy atom. The molecule has 7 heteroatoms. The first-order valence-electron chi connectivity index (χ1n) is 8.47. The van der Waals surface area contributed by atoms with Gasteiger partial charge in [-0.15, -0.1) is 8.93 Å². The second-order valence-electron chi connectivity index (χ2n) is 5.70. The fourth-order valence-corrected chi connectivity index (χ4v) is 1.79. The van der Waals surface area contributed by atoms with Crippen LogP contribution in [0.1, 0.15) is 37.5 Å². The van der Waals surface area contributed by atoms with Crippen molar-refractivity contribution in [3.8, 4) is 5.75 Å². The SMILES string of the molecule is C=C(C)c1ccc(C(=C)C)cc1.C=C(C)c1ccc(O)cc1.PPI.[2H]I([B])P. The van der Waals surface area contributed by atoms with Crippen LogP contribution in [0, 0.1) is 0 Å². The van der Waals surface area contributed by atoms with Crippen molar-refractivity contribution < 1.29 is 5.11 Å². The van der Waals surface area contributed by atoms with E-state index in [1.54, 1.807) is 12.1 Å². The molecule has 0 aromatic heterocycles. The predicted molar refractivity (Wildman–Crippen MR) is 162 cm³/mol. The van der Waals surface area contributed by atoms with Crippen LogP contribution in [-0.4, -0.2) is 11.4 Å². The fraction of sp³-hybridized carbons (Fsp3) is 0.143. The number of halogens is 2. The molecule has 0 fully saturated rings. The summed E-state index contributed by atoms with van der Waals surface area (Å²) in [7, 11) is 2.59. The third kappa shape index (κ3) is 16.1. The summed E-state index contributed by atoms with van der Waals surface area (Å²) in [5, 5.41) is 8.91. The Balaban J connectivity index is 0. The van der Waals surface area contributed by atoms with Gasteiger partial charge in [0.25, 0.3) is 0 Å². The van der Waals surface area contributed by atoms with Crippen molar-refractivity contribution in [1.29, 1.82) is 0.594 Å². The van der Waals surface area contributed by atoms with Crippen molar-refractivity contribution in [2.24, 2.45) is 0 Å². The number of hydrogen-bond donors (Lipinski definition) is 1. The third-order valence-corrected chi connectivity index (χ3v) is 3.23. The van der Waals surface area contributed by atoms with Gasteiger partial charge in [-0.05, 0) is 55.5 Å². The van der Waals surface area contributed by atoms with Gasteiger partial charge >= 0.3 is 33.4 Å². The first-order valence-corrected chi connectivity index (χ1v) is 19.4. The van der Waals surface area contributed by atoms with E-state index in [0.717, 1.165) is 28.2 Å². The molecule has 3 unspecified atom stereocenters. The second kappa shape index (κ2) is 19.3. The number of aromatic hydroxyl groups is 1. The Hall–Kier alpha value is 0.275. The Bertz CT molecular complexity index is 716. The van der Waals surface area contributed by atoms with Crippen molar-refractivity contribution in [3.05, 3.63) is 85.0 Å². The normalized spacial score (nSPS) is 10.1. The van der Waals surface area contributed by atoms with E-state index in [-0.39, 0.29) is 0 Å². The van der Waals surface area contributed by atoms with Gasteiger partial charge in [-0.1, -0.05) is 94.9 Å². The van der Waals surface area contributed by atoms with Gasteiger partial charge in [-0.25, -0.2) is 0 Å². The molecule has 1 N–H and O–H groups in total. The number of benzene rings is 2. The summed E-state index contributed by atoms with van der Waals surface area (Å²) >= 11 is 0.682. The molecule has 2 radical (unpaired) electrons. The number of hydrogen-bond acceptors (Lipinski definition) is 1. The van der Waals surface area contributed by atoms with Gasteiger partial charge in [-0.2, -0.15) is 0 Å². The van der Waals surface area contributed by atoms with Crippen LogP contribution in [0.2, 0.25) is 0 Å². The zero-order valence-electron chi connectivity index (χ0n) is 17.7. The summed E-state index contributed by atoms with van der Waals surface area (Å²) in [5.74, 6) is 1.27. The average molecular weight is 657 g/mol. The summed E-state index contributed by atoms with van der Waals surface area (Å²) in [6.07, 6.45) is 0. The standard InChI is InChI=1S/C12H14.C9H10O.BH3IP.H3IP2/c1-9(2)11-5-7-12(8-6-11)10(3)4;1-7(2)8-3-5-9(10)6-4-8;1-2-3;1-3-2/h5-8H,1,3H2,2,4H3;3-6,10H,1H2,2H3;2H,3H2;3H,2H2/i;;2D;. The average Bonchev–Trinajstić information content (AvgIpc) is 2.63. The van der Waals surface area contributed by atoms with Crippen LogP contribution < -0.4 is 0 Å². The van der Waals surface area contributed by atoms with E-state index in [1.807, 2.05) is 32.9 Å². The van der Waals surface area contributed by atoms with Crippen LogP contribution in [0.25, 0.3) is 16.7 Å². The second-order valence-corrected chi connectivity index (χ2v) is 14.6. The van der Waals surface area contributed by atoms with Gasteiger partial charge in [0.2, 0.25) is 0 Å². The molecule has 0 aliphatic carbocycles. The Morgan fingerprint density at radius 1 is 0.929 bits per heavy atom. The molecular formula is C21H30BI2OP3. The molecule has 2 aromatic rings. The maximum absolute atomic E-state index is 8.91. The first-order chi connectivity index (χ1) is 13.5. The molecule has 2 aromatic carbocycles. The zero-order chi connectivity index (χ0) is 23.0. The van der Waals surface area contributed by atoms with Crippen LogP contribution in [0.5, 0.6) is 5.75 Å². The number of rotatable bonds is 3. The molecule has 0 aliphatic rings. The van der Waals surface area contributed by atoms with Gasteiger partial charge in [0.05, 0.1) is 0 Å². The molecule has 0 amide bonds. The van der Waals surface area contributed by atoms with Crippen molar-refractivity contribution in [3.63, 3.8) is 0 Å². The monoisotopic (exact) mass is 657 g/mol. The molecule has 0 saturated heterocycles. The Kier molecular flexibility index (Phi) is 19.4. The topological polar surface area (TPSA) is 20.2 Å². The van der Waals surface area contributed by atoms with Gasteiger partial charge in [0.1, 0.15) is 5.75 Å². The predicted octanol–water partition coefficient (Wildman–Crippen LogP) is 8.55.